The predicted octanol–water partition coefficient (Wildman–Crippen LogP) is 3.02. The molecular weight excluding hydrogens is 260 g/mol. The van der Waals surface area contributed by atoms with Gasteiger partial charge >= 0.3 is 0 Å². The molecule has 1 aliphatic heterocycles. The first-order valence-electron chi connectivity index (χ1n) is 7.21. The van der Waals surface area contributed by atoms with E-state index in [-0.39, 0.29) is 0 Å². The lowest BCUT2D eigenvalue weighted by molar-refractivity contribution is 0.645. The first kappa shape index (κ1) is 12.3. The lowest BCUT2D eigenvalue weighted by Gasteiger charge is -2.21. The molecule has 2 N–H and O–H groups in total. The number of nitrogens with one attached hydrogen (secondary N) is 2. The minimum atomic E-state index is 0.819. The maximum Gasteiger partial charge on any atom is 0.160 e. The Hall–Kier alpha value is -2.46. The molecule has 2 heterocycles. The van der Waals surface area contributed by atoms with Crippen LogP contribution in [-0.4, -0.2) is 16.7 Å². The quantitative estimate of drug-likeness (QED) is 0.755. The van der Waals surface area contributed by atoms with E-state index in [1.807, 2.05) is 12.1 Å². The van der Waals surface area contributed by atoms with Gasteiger partial charge in [-0.1, -0.05) is 36.4 Å². The smallest absolute Gasteiger partial charge is 0.160 e. The molecule has 0 bridgehead atoms. The van der Waals surface area contributed by atoms with Crippen molar-refractivity contribution in [2.45, 2.75) is 13.0 Å². The molecule has 21 heavy (non-hydrogen) atoms. The number of rotatable bonds is 2. The molecule has 3 aromatic rings. The SMILES string of the molecule is c1cc2c(c(Nc3nncc4ccccc34)c1)CCNC2. The minimum Gasteiger partial charge on any atom is -0.338 e. The van der Waals surface area contributed by atoms with Crippen LogP contribution >= 0.6 is 0 Å². The largest absolute Gasteiger partial charge is 0.338 e. The van der Waals surface area contributed by atoms with Crippen LogP contribution in [0.4, 0.5) is 11.5 Å². The molecule has 4 heteroatoms. The molecule has 4 rings (SSSR count). The number of aromatic nitrogens is 2. The van der Waals surface area contributed by atoms with Gasteiger partial charge in [-0.2, -0.15) is 5.10 Å². The van der Waals surface area contributed by atoms with Crippen molar-refractivity contribution >= 4 is 22.3 Å². The molecule has 1 aliphatic rings. The highest BCUT2D eigenvalue weighted by atomic mass is 15.2. The second kappa shape index (κ2) is 5.14. The van der Waals surface area contributed by atoms with Gasteiger partial charge in [-0.3, -0.25) is 0 Å². The molecule has 4 nitrogen and oxygen atoms in total. The fraction of sp³-hybridized carbons (Fsp3) is 0.176. The molecule has 0 radical (unpaired) electrons. The summed E-state index contributed by atoms with van der Waals surface area (Å²) in [6.07, 6.45) is 2.83. The van der Waals surface area contributed by atoms with Gasteiger partial charge in [-0.05, 0) is 30.2 Å². The van der Waals surface area contributed by atoms with Crippen LogP contribution in [0, 0.1) is 0 Å². The van der Waals surface area contributed by atoms with Gasteiger partial charge < -0.3 is 10.6 Å². The third-order valence-electron chi connectivity index (χ3n) is 3.96. The second-order valence-electron chi connectivity index (χ2n) is 5.28. The number of nitrogens with zero attached hydrogens (tertiary/aromatic N) is 2. The van der Waals surface area contributed by atoms with Crippen LogP contribution in [0.5, 0.6) is 0 Å². The maximum absolute atomic E-state index is 4.27. The third-order valence-corrected chi connectivity index (χ3v) is 3.96. The lowest BCUT2D eigenvalue weighted by atomic mass is 9.99. The van der Waals surface area contributed by atoms with Crippen molar-refractivity contribution in [3.63, 3.8) is 0 Å². The van der Waals surface area contributed by atoms with Crippen LogP contribution < -0.4 is 10.6 Å². The monoisotopic (exact) mass is 276 g/mol. The van der Waals surface area contributed by atoms with Crippen molar-refractivity contribution < 1.29 is 0 Å². The van der Waals surface area contributed by atoms with E-state index in [1.54, 1.807) is 6.20 Å². The van der Waals surface area contributed by atoms with Crippen LogP contribution in [-0.2, 0) is 13.0 Å². The zero-order valence-electron chi connectivity index (χ0n) is 11.6. The van der Waals surface area contributed by atoms with Crippen LogP contribution in [0.25, 0.3) is 10.8 Å². The summed E-state index contributed by atoms with van der Waals surface area (Å²) in [6, 6.07) is 14.6. The van der Waals surface area contributed by atoms with Crippen molar-refractivity contribution in [3.05, 3.63) is 59.8 Å². The Morgan fingerprint density at radius 1 is 1.05 bits per heavy atom. The molecule has 0 unspecified atom stereocenters. The number of benzene rings is 2. The number of fused-ring (bicyclic) bond motifs is 2. The molecule has 0 aliphatic carbocycles. The van der Waals surface area contributed by atoms with Crippen LogP contribution in [0.3, 0.4) is 0 Å². The predicted molar refractivity (Wildman–Crippen MR) is 84.7 cm³/mol. The minimum absolute atomic E-state index is 0.819. The fourth-order valence-corrected chi connectivity index (χ4v) is 2.90. The summed E-state index contributed by atoms with van der Waals surface area (Å²) >= 11 is 0. The van der Waals surface area contributed by atoms with Gasteiger partial charge in [-0.15, -0.1) is 5.10 Å². The molecule has 1 aromatic heterocycles. The number of anilines is 2. The number of hydrogen-bond acceptors (Lipinski definition) is 4. The van der Waals surface area contributed by atoms with Crippen LogP contribution in [0.1, 0.15) is 11.1 Å². The van der Waals surface area contributed by atoms with Gasteiger partial charge in [0.25, 0.3) is 0 Å². The summed E-state index contributed by atoms with van der Waals surface area (Å²) in [5, 5.41) is 17.4. The Bertz CT molecular complexity index is 792. The Labute approximate surface area is 123 Å². The normalized spacial score (nSPS) is 13.9. The van der Waals surface area contributed by atoms with Gasteiger partial charge in [0.2, 0.25) is 0 Å². The summed E-state index contributed by atoms with van der Waals surface area (Å²) in [5.41, 5.74) is 3.88. The van der Waals surface area contributed by atoms with E-state index in [0.29, 0.717) is 0 Å². The first-order valence-corrected chi connectivity index (χ1v) is 7.21. The van der Waals surface area contributed by atoms with Crippen LogP contribution in [0.15, 0.2) is 48.7 Å². The third kappa shape index (κ3) is 2.23. The molecule has 0 atom stereocenters. The van der Waals surface area contributed by atoms with Gasteiger partial charge in [0.15, 0.2) is 5.82 Å². The highest BCUT2D eigenvalue weighted by Gasteiger charge is 2.13. The molecule has 0 saturated carbocycles. The molecule has 0 saturated heterocycles. The van der Waals surface area contributed by atoms with Gasteiger partial charge in [0.1, 0.15) is 0 Å². The Kier molecular flexibility index (Phi) is 3.01. The lowest BCUT2D eigenvalue weighted by Crippen LogP contribution is -2.24. The summed E-state index contributed by atoms with van der Waals surface area (Å²) in [5.74, 6) is 0.819. The van der Waals surface area contributed by atoms with Crippen molar-refractivity contribution in [2.24, 2.45) is 0 Å². The maximum atomic E-state index is 4.27. The average molecular weight is 276 g/mol. The summed E-state index contributed by atoms with van der Waals surface area (Å²) in [4.78, 5) is 0. The van der Waals surface area contributed by atoms with Crippen molar-refractivity contribution in [3.8, 4) is 0 Å². The summed E-state index contributed by atoms with van der Waals surface area (Å²) in [6.45, 7) is 1.96. The van der Waals surface area contributed by atoms with E-state index < -0.39 is 0 Å². The van der Waals surface area contributed by atoms with E-state index in [1.165, 1.54) is 11.1 Å². The van der Waals surface area contributed by atoms with Gasteiger partial charge in [0.05, 0.1) is 6.20 Å². The molecule has 2 aromatic carbocycles. The van der Waals surface area contributed by atoms with E-state index in [2.05, 4.69) is 51.2 Å². The zero-order valence-corrected chi connectivity index (χ0v) is 11.6. The van der Waals surface area contributed by atoms with Gasteiger partial charge in [-0.25, -0.2) is 0 Å². The topological polar surface area (TPSA) is 49.8 Å². The second-order valence-corrected chi connectivity index (χ2v) is 5.28. The fourth-order valence-electron chi connectivity index (χ4n) is 2.90. The van der Waals surface area contributed by atoms with Crippen molar-refractivity contribution in [2.75, 3.05) is 11.9 Å². The molecule has 0 amide bonds. The standard InChI is InChI=1S/C17H16N4/c1-2-6-15-13(4-1)11-19-21-17(15)20-16-7-3-5-12-10-18-9-8-14(12)16/h1-7,11,18H,8-10H2,(H,20,21). The van der Waals surface area contributed by atoms with Gasteiger partial charge in [0, 0.05) is 23.0 Å². The van der Waals surface area contributed by atoms with E-state index in [0.717, 1.165) is 41.8 Å². The highest BCUT2D eigenvalue weighted by Crippen LogP contribution is 2.28. The van der Waals surface area contributed by atoms with E-state index in [4.69, 9.17) is 0 Å². The molecular formula is C17H16N4. The van der Waals surface area contributed by atoms with Crippen molar-refractivity contribution in [1.82, 2.24) is 15.5 Å². The average Bonchev–Trinajstić information content (AvgIpc) is 2.56. The van der Waals surface area contributed by atoms with Crippen molar-refractivity contribution in [1.29, 1.82) is 0 Å². The summed E-state index contributed by atoms with van der Waals surface area (Å²) < 4.78 is 0. The highest BCUT2D eigenvalue weighted by molar-refractivity contribution is 5.92. The number of hydrogen-bond donors (Lipinski definition) is 2. The summed E-state index contributed by atoms with van der Waals surface area (Å²) in [7, 11) is 0. The Morgan fingerprint density at radius 3 is 3.00 bits per heavy atom. The zero-order chi connectivity index (χ0) is 14.1. The molecule has 104 valence electrons. The van der Waals surface area contributed by atoms with E-state index >= 15 is 0 Å². The Balaban J connectivity index is 1.79. The molecule has 0 spiro atoms. The first-order chi connectivity index (χ1) is 10.4. The van der Waals surface area contributed by atoms with E-state index in [9.17, 15) is 0 Å². The Morgan fingerprint density at radius 2 is 2.00 bits per heavy atom. The van der Waals surface area contributed by atoms with Crippen LogP contribution in [0.2, 0.25) is 0 Å². The molecule has 0 fully saturated rings.